The maximum atomic E-state index is 10.5. The molecule has 0 spiro atoms. The van der Waals surface area contributed by atoms with Crippen LogP contribution in [0.3, 0.4) is 0 Å². The van der Waals surface area contributed by atoms with Crippen molar-refractivity contribution in [1.82, 2.24) is 30.8 Å². The first-order chi connectivity index (χ1) is 10.8. The molecule has 22 heavy (non-hydrogen) atoms. The lowest BCUT2D eigenvalue weighted by molar-refractivity contribution is -0.0265. The highest BCUT2D eigenvalue weighted by Crippen LogP contribution is 2.08. The third-order valence-electron chi connectivity index (χ3n) is 3.52. The van der Waals surface area contributed by atoms with Crippen molar-refractivity contribution in [3.05, 3.63) is 36.2 Å². The fourth-order valence-corrected chi connectivity index (χ4v) is 2.38. The Labute approximate surface area is 128 Å². The van der Waals surface area contributed by atoms with Gasteiger partial charge in [-0.05, 0) is 22.6 Å². The van der Waals surface area contributed by atoms with E-state index in [9.17, 15) is 5.11 Å². The van der Waals surface area contributed by atoms with Gasteiger partial charge in [0.25, 0.3) is 0 Å². The fourth-order valence-electron chi connectivity index (χ4n) is 2.38. The summed E-state index contributed by atoms with van der Waals surface area (Å²) in [5.74, 6) is 0.692. The van der Waals surface area contributed by atoms with Crippen molar-refractivity contribution in [3.63, 3.8) is 0 Å². The summed E-state index contributed by atoms with van der Waals surface area (Å²) in [4.78, 5) is 0. The molecule has 3 rings (SSSR count). The van der Waals surface area contributed by atoms with Crippen LogP contribution in [0, 0.1) is 0 Å². The molecule has 2 aromatic rings. The average molecular weight is 304 g/mol. The monoisotopic (exact) mass is 304 g/mol. The van der Waals surface area contributed by atoms with Crippen molar-refractivity contribution in [2.75, 3.05) is 32.8 Å². The number of benzene rings is 1. The van der Waals surface area contributed by atoms with Crippen LogP contribution in [0.5, 0.6) is 0 Å². The topological polar surface area (TPSA) is 97.1 Å². The number of hydrogen-bond acceptors (Lipinski definition) is 7. The lowest BCUT2D eigenvalue weighted by atomic mass is 10.1. The van der Waals surface area contributed by atoms with Gasteiger partial charge >= 0.3 is 0 Å². The summed E-state index contributed by atoms with van der Waals surface area (Å²) in [5, 5.41) is 28.6. The minimum absolute atomic E-state index is 0.316. The first kappa shape index (κ1) is 15.0. The Bertz CT molecular complexity index is 580. The molecule has 1 atom stereocenters. The quantitative estimate of drug-likeness (QED) is 0.659. The van der Waals surface area contributed by atoms with Crippen molar-refractivity contribution in [2.24, 2.45) is 0 Å². The van der Waals surface area contributed by atoms with E-state index in [-0.39, 0.29) is 0 Å². The molecule has 1 aromatic carbocycles. The van der Waals surface area contributed by atoms with E-state index in [0.29, 0.717) is 38.7 Å². The zero-order chi connectivity index (χ0) is 15.3. The van der Waals surface area contributed by atoms with E-state index in [2.05, 4.69) is 26.2 Å². The minimum atomic E-state index is -0.915. The van der Waals surface area contributed by atoms with E-state index in [1.165, 1.54) is 0 Å². The molecule has 3 N–H and O–H groups in total. The van der Waals surface area contributed by atoms with Crippen LogP contribution in [0.1, 0.15) is 5.82 Å². The van der Waals surface area contributed by atoms with Gasteiger partial charge in [0.15, 0.2) is 5.82 Å². The number of nitrogens with zero attached hydrogens (tertiary/aromatic N) is 4. The third-order valence-corrected chi connectivity index (χ3v) is 3.52. The molecule has 0 aliphatic carbocycles. The number of aromatic nitrogens is 4. The summed E-state index contributed by atoms with van der Waals surface area (Å²) in [6.45, 7) is 3.06. The number of tetrazole rings is 1. The van der Waals surface area contributed by atoms with Gasteiger partial charge in [0.1, 0.15) is 5.60 Å². The maximum absolute atomic E-state index is 10.5. The molecule has 1 aromatic heterocycles. The predicted molar refractivity (Wildman–Crippen MR) is 79.5 cm³/mol. The van der Waals surface area contributed by atoms with Gasteiger partial charge in [-0.25, -0.2) is 0 Å². The molecule has 2 heterocycles. The lowest BCUT2D eigenvalue weighted by Gasteiger charge is -2.25. The molecule has 8 nitrogen and oxygen atoms in total. The first-order valence-electron chi connectivity index (χ1n) is 7.31. The molecule has 0 amide bonds. The van der Waals surface area contributed by atoms with Crippen molar-refractivity contribution in [3.8, 4) is 5.69 Å². The van der Waals surface area contributed by atoms with Crippen molar-refractivity contribution in [1.29, 1.82) is 0 Å². The standard InChI is InChI=1S/C14H20N6O2/c21-14(9-15-6-7-22-11-14)10-16-8-13-17-18-19-20(13)12-4-2-1-3-5-12/h1-5,15-16,21H,6-11H2. The summed E-state index contributed by atoms with van der Waals surface area (Å²) in [6.07, 6.45) is 0. The Morgan fingerprint density at radius 3 is 3.09 bits per heavy atom. The molecule has 8 heteroatoms. The van der Waals surface area contributed by atoms with Crippen LogP contribution >= 0.6 is 0 Å². The van der Waals surface area contributed by atoms with E-state index in [1.54, 1.807) is 4.68 Å². The van der Waals surface area contributed by atoms with Crippen molar-refractivity contribution >= 4 is 0 Å². The van der Waals surface area contributed by atoms with E-state index in [4.69, 9.17) is 4.74 Å². The van der Waals surface area contributed by atoms with Gasteiger partial charge in [-0.2, -0.15) is 4.68 Å². The number of rotatable bonds is 5. The number of nitrogens with one attached hydrogen (secondary N) is 2. The number of para-hydroxylation sites is 1. The van der Waals surface area contributed by atoms with Gasteiger partial charge in [-0.3, -0.25) is 0 Å². The van der Waals surface area contributed by atoms with Crippen LogP contribution < -0.4 is 10.6 Å². The molecule has 0 saturated carbocycles. The zero-order valence-electron chi connectivity index (χ0n) is 12.3. The summed E-state index contributed by atoms with van der Waals surface area (Å²) < 4.78 is 7.07. The van der Waals surface area contributed by atoms with Crippen LogP contribution in [-0.4, -0.2) is 63.8 Å². The molecule has 1 saturated heterocycles. The first-order valence-corrected chi connectivity index (χ1v) is 7.31. The normalized spacial score (nSPS) is 22.4. The largest absolute Gasteiger partial charge is 0.385 e. The number of aliphatic hydroxyl groups is 1. The Kier molecular flexibility index (Phi) is 4.74. The molecule has 0 bridgehead atoms. The Morgan fingerprint density at radius 2 is 2.23 bits per heavy atom. The molecule has 118 valence electrons. The highest BCUT2D eigenvalue weighted by atomic mass is 16.5. The van der Waals surface area contributed by atoms with Crippen LogP contribution in [0.15, 0.2) is 30.3 Å². The van der Waals surface area contributed by atoms with E-state index in [1.807, 2.05) is 30.3 Å². The van der Waals surface area contributed by atoms with Crippen molar-refractivity contribution < 1.29 is 9.84 Å². The fraction of sp³-hybridized carbons (Fsp3) is 0.500. The van der Waals surface area contributed by atoms with Gasteiger partial charge in [0.2, 0.25) is 0 Å². The molecule has 1 aliphatic heterocycles. The smallest absolute Gasteiger partial charge is 0.170 e. The third kappa shape index (κ3) is 3.66. The molecular weight excluding hydrogens is 284 g/mol. The second-order valence-electron chi connectivity index (χ2n) is 5.40. The van der Waals surface area contributed by atoms with Crippen LogP contribution in [-0.2, 0) is 11.3 Å². The molecular formula is C14H20N6O2. The molecule has 1 fully saturated rings. The average Bonchev–Trinajstić information content (AvgIpc) is 2.90. The van der Waals surface area contributed by atoms with E-state index >= 15 is 0 Å². The van der Waals surface area contributed by atoms with Gasteiger partial charge < -0.3 is 20.5 Å². The summed E-state index contributed by atoms with van der Waals surface area (Å²) in [6, 6.07) is 9.70. The molecule has 1 aliphatic rings. The Morgan fingerprint density at radius 1 is 1.36 bits per heavy atom. The van der Waals surface area contributed by atoms with Gasteiger partial charge in [-0.15, -0.1) is 5.10 Å². The number of ether oxygens (including phenoxy) is 1. The van der Waals surface area contributed by atoms with Crippen LogP contribution in [0.4, 0.5) is 0 Å². The second kappa shape index (κ2) is 6.93. The van der Waals surface area contributed by atoms with Crippen molar-refractivity contribution in [2.45, 2.75) is 12.1 Å². The number of β-amino-alcohol motifs (C(OH)–C–C–N with tert-alkyl or cyclic N) is 1. The second-order valence-corrected chi connectivity index (χ2v) is 5.40. The SMILES string of the molecule is OC1(CNCc2nnnn2-c2ccccc2)CNCCOC1. The highest BCUT2D eigenvalue weighted by molar-refractivity contribution is 5.30. The van der Waals surface area contributed by atoms with Crippen LogP contribution in [0.25, 0.3) is 5.69 Å². The predicted octanol–water partition coefficient (Wildman–Crippen LogP) is -0.897. The van der Waals surface area contributed by atoms with E-state index < -0.39 is 5.60 Å². The Hall–Kier alpha value is -1.87. The molecule has 1 unspecified atom stereocenters. The van der Waals surface area contributed by atoms with E-state index in [0.717, 1.165) is 12.2 Å². The zero-order valence-corrected chi connectivity index (χ0v) is 12.3. The minimum Gasteiger partial charge on any atom is -0.385 e. The van der Waals surface area contributed by atoms with Gasteiger partial charge in [0, 0.05) is 19.6 Å². The molecule has 0 radical (unpaired) electrons. The summed E-state index contributed by atoms with van der Waals surface area (Å²) in [7, 11) is 0. The highest BCUT2D eigenvalue weighted by Gasteiger charge is 2.28. The van der Waals surface area contributed by atoms with Gasteiger partial charge in [0.05, 0.1) is 25.4 Å². The van der Waals surface area contributed by atoms with Gasteiger partial charge in [-0.1, -0.05) is 18.2 Å². The van der Waals surface area contributed by atoms with Crippen LogP contribution in [0.2, 0.25) is 0 Å². The summed E-state index contributed by atoms with van der Waals surface area (Å²) >= 11 is 0. The summed E-state index contributed by atoms with van der Waals surface area (Å²) in [5.41, 5.74) is -0.0101. The Balaban J connectivity index is 1.59. The maximum Gasteiger partial charge on any atom is 0.170 e. The lowest BCUT2D eigenvalue weighted by Crippen LogP contribution is -2.50. The number of hydrogen-bond donors (Lipinski definition) is 3.